The van der Waals surface area contributed by atoms with Gasteiger partial charge in [-0.25, -0.2) is 0 Å². The molecule has 0 amide bonds. The highest BCUT2D eigenvalue weighted by atomic mass is 79.9. The summed E-state index contributed by atoms with van der Waals surface area (Å²) in [7, 11) is 0. The molecule has 2 aromatic rings. The number of ether oxygens (including phenoxy) is 1. The van der Waals surface area contributed by atoms with Crippen molar-refractivity contribution in [1.29, 1.82) is 0 Å². The van der Waals surface area contributed by atoms with E-state index in [0.29, 0.717) is 10.0 Å². The monoisotopic (exact) mass is 441 g/mol. The summed E-state index contributed by atoms with van der Waals surface area (Å²) >= 11 is 3.24. The van der Waals surface area contributed by atoms with E-state index < -0.39 is 6.36 Å². The fourth-order valence-electron chi connectivity index (χ4n) is 3.72. The number of hydrogen-bond acceptors (Lipinski definition) is 2. The molecular weight excluding hydrogens is 419 g/mol. The number of aryl methyl sites for hydroxylation is 1. The van der Waals surface area contributed by atoms with Crippen LogP contribution in [0.3, 0.4) is 0 Å². The molecule has 0 unspecified atom stereocenters. The molecule has 0 N–H and O–H groups in total. The highest BCUT2D eigenvalue weighted by Gasteiger charge is 2.34. The summed E-state index contributed by atoms with van der Waals surface area (Å²) in [5.74, 6) is -0.196. The SMILES string of the molecule is CCN1CCC(C)(C)c2cc(C)c(-c3ccc(Br)cc3OC(F)(F)F)cc21. The normalized spacial score (nSPS) is 16.2. The third-order valence-electron chi connectivity index (χ3n) is 5.26. The average molecular weight is 442 g/mol. The van der Waals surface area contributed by atoms with Gasteiger partial charge < -0.3 is 9.64 Å². The summed E-state index contributed by atoms with van der Waals surface area (Å²) in [4.78, 5) is 2.28. The second-order valence-electron chi connectivity index (χ2n) is 7.59. The van der Waals surface area contributed by atoms with Gasteiger partial charge in [-0.15, -0.1) is 13.2 Å². The zero-order valence-electron chi connectivity index (χ0n) is 15.9. The highest BCUT2D eigenvalue weighted by molar-refractivity contribution is 9.10. The Morgan fingerprint density at radius 1 is 1.15 bits per heavy atom. The number of rotatable bonds is 3. The molecule has 1 heterocycles. The maximum Gasteiger partial charge on any atom is 0.573 e. The van der Waals surface area contributed by atoms with Gasteiger partial charge in [0, 0.05) is 28.8 Å². The van der Waals surface area contributed by atoms with Crippen LogP contribution < -0.4 is 9.64 Å². The molecule has 0 spiro atoms. The molecule has 2 nitrogen and oxygen atoms in total. The number of fused-ring (bicyclic) bond motifs is 1. The Hall–Kier alpha value is -1.69. The number of anilines is 1. The number of alkyl halides is 3. The van der Waals surface area contributed by atoms with Crippen LogP contribution in [-0.4, -0.2) is 19.5 Å². The lowest BCUT2D eigenvalue weighted by Gasteiger charge is -2.40. The fourth-order valence-corrected chi connectivity index (χ4v) is 4.06. The van der Waals surface area contributed by atoms with Crippen molar-refractivity contribution in [1.82, 2.24) is 0 Å². The number of hydrogen-bond donors (Lipinski definition) is 0. The van der Waals surface area contributed by atoms with Gasteiger partial charge in [0.1, 0.15) is 5.75 Å². The second kappa shape index (κ2) is 7.04. The Labute approximate surface area is 166 Å². The van der Waals surface area contributed by atoms with Crippen molar-refractivity contribution in [3.8, 4) is 16.9 Å². The Bertz CT molecular complexity index is 861. The van der Waals surface area contributed by atoms with Crippen LogP contribution in [-0.2, 0) is 5.41 Å². The molecule has 1 aliphatic rings. The van der Waals surface area contributed by atoms with E-state index in [0.717, 1.165) is 36.3 Å². The van der Waals surface area contributed by atoms with Gasteiger partial charge in [0.25, 0.3) is 0 Å². The zero-order valence-corrected chi connectivity index (χ0v) is 17.5. The first-order valence-corrected chi connectivity index (χ1v) is 9.77. The maximum atomic E-state index is 12.9. The van der Waals surface area contributed by atoms with Crippen LogP contribution in [0, 0.1) is 6.92 Å². The standard InChI is InChI=1S/C21H23BrF3NO/c1-5-26-9-8-20(3,4)17-10-13(2)16(12-18(17)26)15-7-6-14(22)11-19(15)27-21(23,24)25/h6-7,10-12H,5,8-9H2,1-4H3. The Kier molecular flexibility index (Phi) is 5.23. The quantitative estimate of drug-likeness (QED) is 0.517. The van der Waals surface area contributed by atoms with Gasteiger partial charge in [0.15, 0.2) is 0 Å². The molecule has 6 heteroatoms. The van der Waals surface area contributed by atoms with Gasteiger partial charge in [-0.05, 0) is 66.6 Å². The van der Waals surface area contributed by atoms with E-state index in [4.69, 9.17) is 0 Å². The summed E-state index contributed by atoms with van der Waals surface area (Å²) < 4.78 is 43.6. The number of nitrogens with zero attached hydrogens (tertiary/aromatic N) is 1. The summed E-state index contributed by atoms with van der Waals surface area (Å²) in [5.41, 5.74) is 4.51. The van der Waals surface area contributed by atoms with Crippen LogP contribution >= 0.6 is 15.9 Å². The van der Waals surface area contributed by atoms with E-state index in [1.54, 1.807) is 12.1 Å². The fraction of sp³-hybridized carbons (Fsp3) is 0.429. The van der Waals surface area contributed by atoms with E-state index >= 15 is 0 Å². The smallest absolute Gasteiger partial charge is 0.405 e. The molecule has 2 aromatic carbocycles. The minimum Gasteiger partial charge on any atom is -0.405 e. The lowest BCUT2D eigenvalue weighted by Crippen LogP contribution is -2.37. The molecule has 0 saturated carbocycles. The molecule has 27 heavy (non-hydrogen) atoms. The summed E-state index contributed by atoms with van der Waals surface area (Å²) in [6, 6.07) is 8.90. The molecular formula is C21H23BrF3NO. The topological polar surface area (TPSA) is 12.5 Å². The molecule has 0 saturated heterocycles. The summed E-state index contributed by atoms with van der Waals surface area (Å²) in [6.45, 7) is 10.3. The molecule has 0 aliphatic carbocycles. The lowest BCUT2D eigenvalue weighted by atomic mass is 9.76. The van der Waals surface area contributed by atoms with E-state index in [2.05, 4.69) is 52.4 Å². The first kappa shape index (κ1) is 20.1. The van der Waals surface area contributed by atoms with Crippen molar-refractivity contribution in [3.05, 3.63) is 45.9 Å². The first-order valence-electron chi connectivity index (χ1n) is 8.97. The predicted octanol–water partition coefficient (Wildman–Crippen LogP) is 6.83. The lowest BCUT2D eigenvalue weighted by molar-refractivity contribution is -0.274. The van der Waals surface area contributed by atoms with Crippen molar-refractivity contribution in [2.75, 3.05) is 18.0 Å². The van der Waals surface area contributed by atoms with E-state index in [1.165, 1.54) is 11.6 Å². The molecule has 3 rings (SSSR count). The van der Waals surface area contributed by atoms with Crippen LogP contribution in [0.25, 0.3) is 11.1 Å². The predicted molar refractivity (Wildman–Crippen MR) is 107 cm³/mol. The third kappa shape index (κ3) is 4.10. The van der Waals surface area contributed by atoms with Crippen molar-refractivity contribution >= 4 is 21.6 Å². The Morgan fingerprint density at radius 3 is 2.48 bits per heavy atom. The molecule has 1 aliphatic heterocycles. The van der Waals surface area contributed by atoms with Gasteiger partial charge >= 0.3 is 6.36 Å². The van der Waals surface area contributed by atoms with Crippen LogP contribution in [0.1, 0.15) is 38.3 Å². The molecule has 0 aromatic heterocycles. The molecule has 0 atom stereocenters. The Balaban J connectivity index is 2.19. The summed E-state index contributed by atoms with van der Waals surface area (Å²) in [6.07, 6.45) is -3.69. The van der Waals surface area contributed by atoms with E-state index in [9.17, 15) is 13.2 Å². The van der Waals surface area contributed by atoms with Crippen molar-refractivity contribution in [2.24, 2.45) is 0 Å². The zero-order chi connectivity index (χ0) is 20.0. The highest BCUT2D eigenvalue weighted by Crippen LogP contribution is 2.45. The first-order chi connectivity index (χ1) is 12.5. The maximum absolute atomic E-state index is 12.9. The largest absolute Gasteiger partial charge is 0.573 e. The molecule has 146 valence electrons. The van der Waals surface area contributed by atoms with Crippen molar-refractivity contribution in [2.45, 2.75) is 45.9 Å². The second-order valence-corrected chi connectivity index (χ2v) is 8.50. The third-order valence-corrected chi connectivity index (χ3v) is 5.75. The number of benzene rings is 2. The van der Waals surface area contributed by atoms with Crippen molar-refractivity contribution < 1.29 is 17.9 Å². The van der Waals surface area contributed by atoms with Gasteiger partial charge in [0.2, 0.25) is 0 Å². The Morgan fingerprint density at radius 2 is 1.85 bits per heavy atom. The van der Waals surface area contributed by atoms with E-state index in [1.807, 2.05) is 13.0 Å². The van der Waals surface area contributed by atoms with Crippen LogP contribution in [0.5, 0.6) is 5.75 Å². The molecule has 0 fully saturated rings. The number of halogens is 4. The van der Waals surface area contributed by atoms with Gasteiger partial charge in [0.05, 0.1) is 0 Å². The molecule has 0 radical (unpaired) electrons. The van der Waals surface area contributed by atoms with Crippen molar-refractivity contribution in [3.63, 3.8) is 0 Å². The molecule has 0 bridgehead atoms. The average Bonchev–Trinajstić information content (AvgIpc) is 2.54. The van der Waals surface area contributed by atoms with Gasteiger partial charge in [-0.1, -0.05) is 35.8 Å². The van der Waals surface area contributed by atoms with Crippen LogP contribution in [0.2, 0.25) is 0 Å². The van der Waals surface area contributed by atoms with Gasteiger partial charge in [-0.3, -0.25) is 0 Å². The minimum atomic E-state index is -4.74. The minimum absolute atomic E-state index is 0.0370. The van der Waals surface area contributed by atoms with Crippen LogP contribution in [0.15, 0.2) is 34.8 Å². The van der Waals surface area contributed by atoms with E-state index in [-0.39, 0.29) is 11.2 Å². The van der Waals surface area contributed by atoms with Crippen LogP contribution in [0.4, 0.5) is 18.9 Å². The summed E-state index contributed by atoms with van der Waals surface area (Å²) in [5, 5.41) is 0. The van der Waals surface area contributed by atoms with Gasteiger partial charge in [-0.2, -0.15) is 0 Å².